The van der Waals surface area contributed by atoms with Crippen LogP contribution in [0.5, 0.6) is 0 Å². The molecule has 0 aliphatic heterocycles. The van der Waals surface area contributed by atoms with E-state index in [1.807, 2.05) is 44.2 Å². The molecular weight excluding hydrogens is 200 g/mol. The van der Waals surface area contributed by atoms with E-state index in [2.05, 4.69) is 0 Å². The number of rotatable bonds is 4. The van der Waals surface area contributed by atoms with E-state index in [0.717, 1.165) is 5.56 Å². The Morgan fingerprint density at radius 2 is 1.88 bits per heavy atom. The Labute approximate surface area is 97.2 Å². The minimum absolute atomic E-state index is 0.00106. The average molecular weight is 220 g/mol. The van der Waals surface area contributed by atoms with Gasteiger partial charge >= 0.3 is 0 Å². The quantitative estimate of drug-likeness (QED) is 0.838. The Balaban J connectivity index is 2.59. The molecule has 0 saturated carbocycles. The predicted molar refractivity (Wildman–Crippen MR) is 65.7 cm³/mol. The first-order valence-electron chi connectivity index (χ1n) is 5.57. The smallest absolute Gasteiger partial charge is 0.239 e. The summed E-state index contributed by atoms with van der Waals surface area (Å²) >= 11 is 0. The number of hydrogen-bond donors (Lipinski definition) is 1. The molecule has 16 heavy (non-hydrogen) atoms. The standard InChI is InChI=1S/C13H20N2O/c1-10(2)12(14)13(16)15(3)9-11-7-5-4-6-8-11/h4-8,10,12H,9,14H2,1-3H3/t12-/m0/s1. The normalized spacial score (nSPS) is 12.6. The average Bonchev–Trinajstić information content (AvgIpc) is 2.28. The summed E-state index contributed by atoms with van der Waals surface area (Å²) < 4.78 is 0. The first-order valence-corrected chi connectivity index (χ1v) is 5.57. The minimum Gasteiger partial charge on any atom is -0.340 e. The van der Waals surface area contributed by atoms with E-state index in [9.17, 15) is 4.79 Å². The fraction of sp³-hybridized carbons (Fsp3) is 0.462. The monoisotopic (exact) mass is 220 g/mol. The largest absolute Gasteiger partial charge is 0.340 e. The van der Waals surface area contributed by atoms with Crippen molar-refractivity contribution in [2.45, 2.75) is 26.4 Å². The molecule has 0 spiro atoms. The molecule has 88 valence electrons. The molecule has 1 aromatic carbocycles. The summed E-state index contributed by atoms with van der Waals surface area (Å²) in [5, 5.41) is 0. The zero-order valence-electron chi connectivity index (χ0n) is 10.2. The van der Waals surface area contributed by atoms with Gasteiger partial charge in [0.1, 0.15) is 0 Å². The van der Waals surface area contributed by atoms with Crippen LogP contribution >= 0.6 is 0 Å². The summed E-state index contributed by atoms with van der Waals surface area (Å²) in [6.07, 6.45) is 0. The summed E-state index contributed by atoms with van der Waals surface area (Å²) in [7, 11) is 1.79. The van der Waals surface area contributed by atoms with Crippen molar-refractivity contribution in [3.8, 4) is 0 Å². The topological polar surface area (TPSA) is 46.3 Å². The SMILES string of the molecule is CC(C)[C@H](N)C(=O)N(C)Cc1ccccc1. The van der Waals surface area contributed by atoms with Gasteiger partial charge in [-0.2, -0.15) is 0 Å². The molecule has 1 aromatic rings. The van der Waals surface area contributed by atoms with Crippen LogP contribution in [0.3, 0.4) is 0 Å². The van der Waals surface area contributed by atoms with E-state index >= 15 is 0 Å². The first kappa shape index (κ1) is 12.7. The summed E-state index contributed by atoms with van der Waals surface area (Å²) in [6, 6.07) is 9.50. The van der Waals surface area contributed by atoms with Gasteiger partial charge in [-0.25, -0.2) is 0 Å². The number of amides is 1. The van der Waals surface area contributed by atoms with E-state index in [1.165, 1.54) is 0 Å². The van der Waals surface area contributed by atoms with Crippen LogP contribution in [-0.2, 0) is 11.3 Å². The Morgan fingerprint density at radius 3 is 2.38 bits per heavy atom. The molecule has 0 aliphatic carbocycles. The summed E-state index contributed by atoms with van der Waals surface area (Å²) in [6.45, 7) is 4.53. The second-order valence-electron chi connectivity index (χ2n) is 4.45. The zero-order chi connectivity index (χ0) is 12.1. The molecule has 0 aliphatic rings. The Kier molecular flexibility index (Phi) is 4.50. The summed E-state index contributed by atoms with van der Waals surface area (Å²) in [5.74, 6) is 0.171. The number of carbonyl (C=O) groups excluding carboxylic acids is 1. The van der Waals surface area contributed by atoms with E-state index in [0.29, 0.717) is 6.54 Å². The molecule has 0 unspecified atom stereocenters. The highest BCUT2D eigenvalue weighted by Crippen LogP contribution is 2.07. The number of benzene rings is 1. The van der Waals surface area contributed by atoms with E-state index in [1.54, 1.807) is 11.9 Å². The van der Waals surface area contributed by atoms with E-state index < -0.39 is 6.04 Å². The van der Waals surface area contributed by atoms with Gasteiger partial charge in [-0.05, 0) is 11.5 Å². The van der Waals surface area contributed by atoms with Crippen LogP contribution in [0.25, 0.3) is 0 Å². The molecule has 3 nitrogen and oxygen atoms in total. The van der Waals surface area contributed by atoms with Gasteiger partial charge in [0.05, 0.1) is 6.04 Å². The summed E-state index contributed by atoms with van der Waals surface area (Å²) in [5.41, 5.74) is 6.94. The van der Waals surface area contributed by atoms with Crippen molar-refractivity contribution in [3.63, 3.8) is 0 Å². The predicted octanol–water partition coefficient (Wildman–Crippen LogP) is 1.63. The van der Waals surface area contributed by atoms with Gasteiger partial charge in [-0.15, -0.1) is 0 Å². The van der Waals surface area contributed by atoms with Gasteiger partial charge in [0.15, 0.2) is 0 Å². The third-order valence-corrected chi connectivity index (χ3v) is 2.64. The van der Waals surface area contributed by atoms with Crippen LogP contribution < -0.4 is 5.73 Å². The van der Waals surface area contributed by atoms with Crippen LogP contribution in [0, 0.1) is 5.92 Å². The minimum atomic E-state index is -0.409. The first-order chi connectivity index (χ1) is 7.52. The third kappa shape index (κ3) is 3.35. The van der Waals surface area contributed by atoms with Crippen LogP contribution in [0.2, 0.25) is 0 Å². The van der Waals surface area contributed by atoms with Crippen molar-refractivity contribution in [3.05, 3.63) is 35.9 Å². The number of carbonyl (C=O) groups is 1. The number of nitrogens with two attached hydrogens (primary N) is 1. The Hall–Kier alpha value is -1.35. The maximum atomic E-state index is 11.9. The maximum absolute atomic E-state index is 11.9. The molecule has 1 rings (SSSR count). The fourth-order valence-electron chi connectivity index (χ4n) is 1.47. The van der Waals surface area contributed by atoms with Crippen LogP contribution in [0.4, 0.5) is 0 Å². The lowest BCUT2D eigenvalue weighted by Gasteiger charge is -2.23. The third-order valence-electron chi connectivity index (χ3n) is 2.64. The van der Waals surface area contributed by atoms with Crippen LogP contribution in [-0.4, -0.2) is 23.9 Å². The highest BCUT2D eigenvalue weighted by molar-refractivity contribution is 5.81. The molecule has 2 N–H and O–H groups in total. The van der Waals surface area contributed by atoms with Crippen molar-refractivity contribution >= 4 is 5.91 Å². The van der Waals surface area contributed by atoms with Crippen molar-refractivity contribution in [1.82, 2.24) is 4.90 Å². The highest BCUT2D eigenvalue weighted by Gasteiger charge is 2.20. The number of nitrogens with zero attached hydrogens (tertiary/aromatic N) is 1. The fourth-order valence-corrected chi connectivity index (χ4v) is 1.47. The molecule has 1 amide bonds. The van der Waals surface area contributed by atoms with Gasteiger partial charge in [-0.1, -0.05) is 44.2 Å². The van der Waals surface area contributed by atoms with Gasteiger partial charge in [0.25, 0.3) is 0 Å². The molecular formula is C13H20N2O. The lowest BCUT2D eigenvalue weighted by molar-refractivity contribution is -0.132. The van der Waals surface area contributed by atoms with Crippen molar-refractivity contribution < 1.29 is 4.79 Å². The molecule has 0 aromatic heterocycles. The lowest BCUT2D eigenvalue weighted by atomic mass is 10.0. The van der Waals surface area contributed by atoms with E-state index in [4.69, 9.17) is 5.73 Å². The van der Waals surface area contributed by atoms with Gasteiger partial charge in [0, 0.05) is 13.6 Å². The second kappa shape index (κ2) is 5.66. The van der Waals surface area contributed by atoms with E-state index in [-0.39, 0.29) is 11.8 Å². The van der Waals surface area contributed by atoms with Crippen molar-refractivity contribution in [1.29, 1.82) is 0 Å². The Morgan fingerprint density at radius 1 is 1.31 bits per heavy atom. The van der Waals surface area contributed by atoms with Gasteiger partial charge in [0.2, 0.25) is 5.91 Å². The Bertz CT molecular complexity index is 335. The second-order valence-corrected chi connectivity index (χ2v) is 4.45. The van der Waals surface area contributed by atoms with Gasteiger partial charge in [-0.3, -0.25) is 4.79 Å². The molecule has 0 heterocycles. The molecule has 0 radical (unpaired) electrons. The molecule has 0 bridgehead atoms. The number of hydrogen-bond acceptors (Lipinski definition) is 2. The lowest BCUT2D eigenvalue weighted by Crippen LogP contribution is -2.44. The van der Waals surface area contributed by atoms with Gasteiger partial charge < -0.3 is 10.6 Å². The highest BCUT2D eigenvalue weighted by atomic mass is 16.2. The maximum Gasteiger partial charge on any atom is 0.239 e. The number of likely N-dealkylation sites (N-methyl/N-ethyl adjacent to an activating group) is 1. The summed E-state index contributed by atoms with van der Waals surface area (Å²) in [4.78, 5) is 13.6. The van der Waals surface area contributed by atoms with Crippen molar-refractivity contribution in [2.75, 3.05) is 7.05 Å². The zero-order valence-corrected chi connectivity index (χ0v) is 10.2. The molecule has 0 saturated heterocycles. The van der Waals surface area contributed by atoms with Crippen molar-refractivity contribution in [2.24, 2.45) is 11.7 Å². The molecule has 3 heteroatoms. The molecule has 1 atom stereocenters. The molecule has 0 fully saturated rings. The van der Waals surface area contributed by atoms with Crippen LogP contribution in [0.1, 0.15) is 19.4 Å². The van der Waals surface area contributed by atoms with Crippen LogP contribution in [0.15, 0.2) is 30.3 Å².